The molecule has 0 radical (unpaired) electrons. The third kappa shape index (κ3) is 4.47. The maximum atomic E-state index is 14.9. The molecule has 6 atom stereocenters. The third-order valence-electron chi connectivity index (χ3n) is 10.4. The van der Waals surface area contributed by atoms with Gasteiger partial charge in [0.1, 0.15) is 5.82 Å². The van der Waals surface area contributed by atoms with Gasteiger partial charge < -0.3 is 10.4 Å². The number of nitrogens with zero attached hydrogens (tertiary/aromatic N) is 2. The number of amides is 4. The largest absolute Gasteiger partial charge is 0.505 e. The first kappa shape index (κ1) is 32.2. The number of rotatable bonds is 5. The van der Waals surface area contributed by atoms with Crippen molar-refractivity contribution in [3.05, 3.63) is 126 Å². The van der Waals surface area contributed by atoms with Crippen LogP contribution >= 0.6 is 23.2 Å². The highest BCUT2D eigenvalue weighted by Crippen LogP contribution is 2.66. The first-order valence-corrected chi connectivity index (χ1v) is 16.7. The fraction of sp³-hybridized carbons (Fsp3) is 0.211. The number of benzene rings is 4. The lowest BCUT2D eigenvalue weighted by molar-refractivity contribution is -0.125. The van der Waals surface area contributed by atoms with Crippen LogP contribution < -0.4 is 15.1 Å². The normalized spacial score (nSPS) is 28.7. The lowest BCUT2D eigenvalue weighted by Crippen LogP contribution is -2.60. The van der Waals surface area contributed by atoms with Crippen molar-refractivity contribution < 1.29 is 33.1 Å². The van der Waals surface area contributed by atoms with Gasteiger partial charge in [0.2, 0.25) is 11.8 Å². The van der Waals surface area contributed by atoms with Crippen LogP contribution in [0.1, 0.15) is 24.3 Å². The first-order chi connectivity index (χ1) is 24.0. The van der Waals surface area contributed by atoms with Crippen LogP contribution in [0.3, 0.4) is 0 Å². The van der Waals surface area contributed by atoms with Crippen molar-refractivity contribution in [2.24, 2.45) is 17.8 Å². The second-order valence-corrected chi connectivity index (χ2v) is 14.2. The SMILES string of the molecule is O=C1[C@H]2[C@H](CC=C3[C@H]2C[C@@]2(Cl)C(=O)N(c4ccc(F)cc4)C(=O)[C@@]2(Cl)[C@H]3c2cccc(F)c2O)C(=O)N1c1ccc(Nc2ccccc2)cc1. The Balaban J connectivity index is 1.21. The Kier molecular flexibility index (Phi) is 7.40. The van der Waals surface area contributed by atoms with E-state index in [0.29, 0.717) is 11.3 Å². The molecule has 50 heavy (non-hydrogen) atoms. The molecule has 2 saturated heterocycles. The van der Waals surface area contributed by atoms with Gasteiger partial charge in [-0.25, -0.2) is 13.7 Å². The van der Waals surface area contributed by atoms with Crippen molar-refractivity contribution in [2.45, 2.75) is 28.5 Å². The zero-order valence-electron chi connectivity index (χ0n) is 26.0. The molecule has 4 aromatic carbocycles. The molecule has 2 N–H and O–H groups in total. The number of fused-ring (bicyclic) bond motifs is 4. The smallest absolute Gasteiger partial charge is 0.258 e. The molecule has 1 saturated carbocycles. The summed E-state index contributed by atoms with van der Waals surface area (Å²) in [5.41, 5.74) is 2.26. The van der Waals surface area contributed by atoms with Gasteiger partial charge in [0.05, 0.1) is 23.2 Å². The number of halogens is 4. The molecule has 8 rings (SSSR count). The van der Waals surface area contributed by atoms with Gasteiger partial charge in [0.25, 0.3) is 11.8 Å². The number of phenols is 1. The van der Waals surface area contributed by atoms with Crippen molar-refractivity contribution in [2.75, 3.05) is 15.1 Å². The van der Waals surface area contributed by atoms with Crippen molar-refractivity contribution in [3.63, 3.8) is 0 Å². The zero-order valence-corrected chi connectivity index (χ0v) is 27.5. The van der Waals surface area contributed by atoms with Gasteiger partial charge in [-0.05, 0) is 85.5 Å². The molecule has 0 aromatic heterocycles. The molecule has 0 unspecified atom stereocenters. The molecule has 8 nitrogen and oxygen atoms in total. The van der Waals surface area contributed by atoms with Crippen LogP contribution in [0, 0.1) is 29.4 Å². The van der Waals surface area contributed by atoms with E-state index in [9.17, 15) is 33.1 Å². The van der Waals surface area contributed by atoms with Gasteiger partial charge >= 0.3 is 0 Å². The average Bonchev–Trinajstić information content (AvgIpc) is 3.45. The van der Waals surface area contributed by atoms with Gasteiger partial charge in [-0.1, -0.05) is 42.0 Å². The fourth-order valence-electron chi connectivity index (χ4n) is 8.15. The van der Waals surface area contributed by atoms with Crippen LogP contribution in [-0.4, -0.2) is 38.5 Å². The minimum absolute atomic E-state index is 0.0105. The van der Waals surface area contributed by atoms with E-state index >= 15 is 0 Å². The summed E-state index contributed by atoms with van der Waals surface area (Å²) in [5, 5.41) is 14.3. The molecule has 0 bridgehead atoms. The van der Waals surface area contributed by atoms with Crippen molar-refractivity contribution in [1.82, 2.24) is 0 Å². The van der Waals surface area contributed by atoms with Crippen molar-refractivity contribution in [1.29, 1.82) is 0 Å². The summed E-state index contributed by atoms with van der Waals surface area (Å²) in [6.07, 6.45) is 1.47. The van der Waals surface area contributed by atoms with E-state index in [1.807, 2.05) is 30.3 Å². The number of hydrogen-bond donors (Lipinski definition) is 2. The van der Waals surface area contributed by atoms with Gasteiger partial charge in [-0.2, -0.15) is 0 Å². The van der Waals surface area contributed by atoms with Crippen LogP contribution in [0.15, 0.2) is 109 Å². The lowest BCUT2D eigenvalue weighted by Gasteiger charge is -2.50. The van der Waals surface area contributed by atoms with Gasteiger partial charge in [0.15, 0.2) is 21.3 Å². The second kappa shape index (κ2) is 11.5. The Bertz CT molecular complexity index is 2130. The Hall–Kier alpha value is -5.06. The highest BCUT2D eigenvalue weighted by molar-refractivity contribution is 6.58. The maximum Gasteiger partial charge on any atom is 0.258 e. The number of allylic oxidation sites excluding steroid dienone is 2. The number of carbonyl (C=O) groups is 4. The predicted octanol–water partition coefficient (Wildman–Crippen LogP) is 7.18. The predicted molar refractivity (Wildman–Crippen MR) is 183 cm³/mol. The summed E-state index contributed by atoms with van der Waals surface area (Å²) < 4.78 is 28.8. The molecule has 2 aliphatic carbocycles. The molecule has 2 heterocycles. The minimum atomic E-state index is -2.30. The fourth-order valence-corrected chi connectivity index (χ4v) is 9.07. The number of imide groups is 2. The molecular formula is C38H27Cl2F2N3O5. The molecule has 4 aliphatic rings. The summed E-state index contributed by atoms with van der Waals surface area (Å²) in [6, 6.07) is 24.7. The summed E-state index contributed by atoms with van der Waals surface area (Å²) in [6.45, 7) is 0. The second-order valence-electron chi connectivity index (χ2n) is 13.0. The topological polar surface area (TPSA) is 107 Å². The molecule has 2 aliphatic heterocycles. The van der Waals surface area contributed by atoms with Crippen molar-refractivity contribution >= 4 is 69.6 Å². The van der Waals surface area contributed by atoms with E-state index < -0.39 is 74.4 Å². The number of alkyl halides is 2. The van der Waals surface area contributed by atoms with Crippen molar-refractivity contribution in [3.8, 4) is 5.75 Å². The first-order valence-electron chi connectivity index (χ1n) is 16.0. The van der Waals surface area contributed by atoms with Crippen LogP contribution in [0.25, 0.3) is 0 Å². The Labute approximate surface area is 294 Å². The van der Waals surface area contributed by atoms with Gasteiger partial charge in [-0.15, -0.1) is 23.2 Å². The van der Waals surface area contributed by atoms with E-state index in [2.05, 4.69) is 5.32 Å². The van der Waals surface area contributed by atoms with E-state index in [1.54, 1.807) is 30.3 Å². The zero-order chi connectivity index (χ0) is 35.1. The summed E-state index contributed by atoms with van der Waals surface area (Å²) >= 11 is 14.6. The lowest BCUT2D eigenvalue weighted by atomic mass is 9.56. The number of para-hydroxylation sites is 2. The molecular weight excluding hydrogens is 687 g/mol. The Morgan fingerprint density at radius 2 is 1.36 bits per heavy atom. The quantitative estimate of drug-likeness (QED) is 0.129. The molecule has 0 spiro atoms. The highest BCUT2D eigenvalue weighted by Gasteiger charge is 2.77. The van der Waals surface area contributed by atoms with Gasteiger partial charge in [0, 0.05) is 22.9 Å². The standard InChI is InChI=1S/C38H27Cl2F2N3O5/c39-37-19-28-25(17-18-26-30(28)34(48)44(33(26)47)23-15-11-22(12-16-23)43-21-5-2-1-3-6-21)31(27-7-4-8-29(42)32(27)46)38(37,40)36(50)45(35(37)49)24-13-9-20(41)10-14-24/h1-17,26,28,30-31,43,46H,18-19H2/t26-,28+,30-,31+,37+,38-/m0/s1. The average molecular weight is 715 g/mol. The number of carbonyl (C=O) groups excluding carboxylic acids is 4. The van der Waals surface area contributed by atoms with E-state index in [1.165, 1.54) is 24.3 Å². The summed E-state index contributed by atoms with van der Waals surface area (Å²) in [7, 11) is 0. The maximum absolute atomic E-state index is 14.9. The third-order valence-corrected chi connectivity index (χ3v) is 11.8. The molecule has 252 valence electrons. The number of phenolic OH excluding ortho intramolecular Hbond substituents is 1. The molecule has 4 aromatic rings. The van der Waals surface area contributed by atoms with Crippen LogP contribution in [0.5, 0.6) is 5.75 Å². The highest BCUT2D eigenvalue weighted by atomic mass is 35.5. The van der Waals surface area contributed by atoms with Crippen LogP contribution in [0.2, 0.25) is 0 Å². The van der Waals surface area contributed by atoms with Crippen LogP contribution in [-0.2, 0) is 19.2 Å². The number of aromatic hydroxyl groups is 1. The Morgan fingerprint density at radius 3 is 2.06 bits per heavy atom. The van der Waals surface area contributed by atoms with Gasteiger partial charge in [-0.3, -0.25) is 24.1 Å². The van der Waals surface area contributed by atoms with Crippen LogP contribution in [0.4, 0.5) is 31.5 Å². The van der Waals surface area contributed by atoms with E-state index in [4.69, 9.17) is 23.2 Å². The Morgan fingerprint density at radius 1 is 0.720 bits per heavy atom. The van der Waals surface area contributed by atoms with E-state index in [-0.39, 0.29) is 24.1 Å². The summed E-state index contributed by atoms with van der Waals surface area (Å²) in [4.78, 5) is 54.4. The molecule has 4 amide bonds. The minimum Gasteiger partial charge on any atom is -0.505 e. The summed E-state index contributed by atoms with van der Waals surface area (Å²) in [5.74, 6) is -9.28. The molecule has 3 fully saturated rings. The van der Waals surface area contributed by atoms with E-state index in [0.717, 1.165) is 39.4 Å². The number of anilines is 4. The monoisotopic (exact) mass is 713 g/mol. The molecule has 12 heteroatoms. The number of nitrogens with one attached hydrogen (secondary N) is 1. The number of hydrogen-bond acceptors (Lipinski definition) is 6.